The van der Waals surface area contributed by atoms with Gasteiger partial charge in [-0.15, -0.1) is 0 Å². The molecule has 1 aliphatic heterocycles. The van der Waals surface area contributed by atoms with Crippen molar-refractivity contribution in [2.75, 3.05) is 19.7 Å². The topological polar surface area (TPSA) is 55.6 Å². The van der Waals surface area contributed by atoms with Crippen LogP contribution in [0.4, 0.5) is 13.2 Å². The van der Waals surface area contributed by atoms with Crippen molar-refractivity contribution in [3.8, 4) is 0 Å². The Balaban J connectivity index is 1.72. The van der Waals surface area contributed by atoms with Crippen molar-refractivity contribution in [2.24, 2.45) is 0 Å². The number of alkyl halides is 3. The number of amides is 1. The highest BCUT2D eigenvalue weighted by Gasteiger charge is 2.31. The van der Waals surface area contributed by atoms with E-state index in [0.29, 0.717) is 24.5 Å². The van der Waals surface area contributed by atoms with Crippen LogP contribution in [0.3, 0.4) is 0 Å². The van der Waals surface area contributed by atoms with Crippen LogP contribution in [0.2, 0.25) is 0 Å². The van der Waals surface area contributed by atoms with E-state index in [9.17, 15) is 18.0 Å². The lowest BCUT2D eigenvalue weighted by Gasteiger charge is -2.32. The second-order valence-corrected chi connectivity index (χ2v) is 5.55. The maximum absolute atomic E-state index is 12.6. The summed E-state index contributed by atoms with van der Waals surface area (Å²) in [7, 11) is 0. The molecule has 0 bridgehead atoms. The minimum atomic E-state index is -4.38. The molecule has 5 nitrogen and oxygen atoms in total. The Labute approximate surface area is 136 Å². The number of aryl methyl sites for hydroxylation is 1. The van der Waals surface area contributed by atoms with Crippen LogP contribution in [0.25, 0.3) is 0 Å². The molecule has 1 saturated heterocycles. The number of carbonyl (C=O) groups excluding carboxylic acids is 1. The van der Waals surface area contributed by atoms with Crippen molar-refractivity contribution in [3.63, 3.8) is 0 Å². The molecule has 0 aliphatic carbocycles. The summed E-state index contributed by atoms with van der Waals surface area (Å²) in [5.41, 5.74) is 0.0884. The molecule has 2 aromatic rings. The van der Waals surface area contributed by atoms with Crippen LogP contribution < -0.4 is 0 Å². The average Bonchev–Trinajstić information content (AvgIpc) is 3.00. The molecule has 1 aromatic heterocycles. The molecule has 2 heterocycles. The van der Waals surface area contributed by atoms with Gasteiger partial charge in [-0.3, -0.25) is 4.79 Å². The Bertz CT molecular complexity index is 725. The molecule has 24 heavy (non-hydrogen) atoms. The van der Waals surface area contributed by atoms with Crippen LogP contribution in [0.1, 0.15) is 33.5 Å². The molecular formula is C16H15F3N2O3. The highest BCUT2D eigenvalue weighted by Crippen LogP contribution is 2.31. The lowest BCUT2D eigenvalue weighted by atomic mass is 10.0. The van der Waals surface area contributed by atoms with Gasteiger partial charge in [0.25, 0.3) is 5.91 Å². The van der Waals surface area contributed by atoms with Crippen molar-refractivity contribution in [1.29, 1.82) is 0 Å². The van der Waals surface area contributed by atoms with Gasteiger partial charge in [-0.05, 0) is 24.6 Å². The van der Waals surface area contributed by atoms with Crippen LogP contribution in [-0.2, 0) is 10.9 Å². The molecular weight excluding hydrogens is 325 g/mol. The van der Waals surface area contributed by atoms with Crippen molar-refractivity contribution < 1.29 is 27.2 Å². The Kier molecular flexibility index (Phi) is 4.31. The SMILES string of the molecule is Cc1cc(C(=O)N2CCO[C@H](c3ccc(C(F)(F)F)cc3)C2)no1. The number of hydrogen-bond acceptors (Lipinski definition) is 4. The molecule has 1 amide bonds. The summed E-state index contributed by atoms with van der Waals surface area (Å²) in [5, 5.41) is 3.70. The largest absolute Gasteiger partial charge is 0.416 e. The summed E-state index contributed by atoms with van der Waals surface area (Å²) in [6, 6.07) is 6.33. The van der Waals surface area contributed by atoms with Gasteiger partial charge >= 0.3 is 6.18 Å². The second kappa shape index (κ2) is 6.27. The fraction of sp³-hybridized carbons (Fsp3) is 0.375. The molecule has 8 heteroatoms. The highest BCUT2D eigenvalue weighted by atomic mass is 19.4. The monoisotopic (exact) mass is 340 g/mol. The highest BCUT2D eigenvalue weighted by molar-refractivity contribution is 5.92. The van der Waals surface area contributed by atoms with Crippen LogP contribution >= 0.6 is 0 Å². The van der Waals surface area contributed by atoms with Crippen molar-refractivity contribution >= 4 is 5.91 Å². The third-order valence-electron chi connectivity index (χ3n) is 3.81. The molecule has 0 radical (unpaired) electrons. The minimum Gasteiger partial charge on any atom is -0.370 e. The van der Waals surface area contributed by atoms with E-state index in [-0.39, 0.29) is 18.1 Å². The minimum absolute atomic E-state index is 0.209. The van der Waals surface area contributed by atoms with Crippen LogP contribution in [0.15, 0.2) is 34.9 Å². The molecule has 128 valence electrons. The first-order valence-electron chi connectivity index (χ1n) is 7.36. The van der Waals surface area contributed by atoms with Gasteiger partial charge in [-0.2, -0.15) is 13.2 Å². The molecule has 0 spiro atoms. The molecule has 0 N–H and O–H groups in total. The molecule has 3 rings (SSSR count). The number of carbonyl (C=O) groups is 1. The van der Waals surface area contributed by atoms with Gasteiger partial charge in [0.05, 0.1) is 18.7 Å². The maximum atomic E-state index is 12.6. The van der Waals surface area contributed by atoms with E-state index in [2.05, 4.69) is 5.16 Å². The lowest BCUT2D eigenvalue weighted by molar-refractivity contribution is -0.137. The van der Waals surface area contributed by atoms with Gasteiger partial charge in [0, 0.05) is 12.6 Å². The van der Waals surface area contributed by atoms with E-state index in [0.717, 1.165) is 12.1 Å². The van der Waals surface area contributed by atoms with Gasteiger partial charge in [-0.1, -0.05) is 17.3 Å². The first-order valence-corrected chi connectivity index (χ1v) is 7.36. The first-order chi connectivity index (χ1) is 11.3. The van der Waals surface area contributed by atoms with Crippen molar-refractivity contribution in [1.82, 2.24) is 10.1 Å². The number of ether oxygens (including phenoxy) is 1. The zero-order valence-corrected chi connectivity index (χ0v) is 12.8. The maximum Gasteiger partial charge on any atom is 0.416 e. The van der Waals surface area contributed by atoms with Gasteiger partial charge in [0.2, 0.25) is 0 Å². The van der Waals surface area contributed by atoms with Crippen molar-refractivity contribution in [3.05, 3.63) is 52.9 Å². The molecule has 1 fully saturated rings. The number of halogens is 3. The quantitative estimate of drug-likeness (QED) is 0.842. The summed E-state index contributed by atoms with van der Waals surface area (Å²) in [5.74, 6) is 0.248. The van der Waals surface area contributed by atoms with Gasteiger partial charge in [0.15, 0.2) is 5.69 Å². The van der Waals surface area contributed by atoms with E-state index in [1.807, 2.05) is 0 Å². The Morgan fingerprint density at radius 3 is 2.58 bits per heavy atom. The fourth-order valence-corrected chi connectivity index (χ4v) is 2.55. The van der Waals surface area contributed by atoms with E-state index in [4.69, 9.17) is 9.26 Å². The number of rotatable bonds is 2. The molecule has 1 atom stereocenters. The number of nitrogens with zero attached hydrogens (tertiary/aromatic N) is 2. The Morgan fingerprint density at radius 2 is 2.00 bits per heavy atom. The Hall–Kier alpha value is -2.35. The van der Waals surface area contributed by atoms with Crippen molar-refractivity contribution in [2.45, 2.75) is 19.2 Å². The van der Waals surface area contributed by atoms with Crippen LogP contribution in [0.5, 0.6) is 0 Å². The predicted octanol–water partition coefficient (Wildman–Crippen LogP) is 3.22. The zero-order chi connectivity index (χ0) is 17.3. The normalized spacial score (nSPS) is 18.7. The third kappa shape index (κ3) is 3.43. The number of morpholine rings is 1. The molecule has 0 unspecified atom stereocenters. The van der Waals surface area contributed by atoms with E-state index in [1.54, 1.807) is 17.9 Å². The molecule has 1 aromatic carbocycles. The first kappa shape index (κ1) is 16.5. The predicted molar refractivity (Wildman–Crippen MR) is 77.3 cm³/mol. The molecule has 0 saturated carbocycles. The summed E-state index contributed by atoms with van der Waals surface area (Å²) in [4.78, 5) is 13.9. The smallest absolute Gasteiger partial charge is 0.370 e. The van der Waals surface area contributed by atoms with E-state index < -0.39 is 17.8 Å². The third-order valence-corrected chi connectivity index (χ3v) is 3.81. The van der Waals surface area contributed by atoms with Gasteiger partial charge in [-0.25, -0.2) is 0 Å². The fourth-order valence-electron chi connectivity index (χ4n) is 2.55. The summed E-state index contributed by atoms with van der Waals surface area (Å²) in [6.07, 6.45) is -4.85. The summed E-state index contributed by atoms with van der Waals surface area (Å²) >= 11 is 0. The van der Waals surface area contributed by atoms with E-state index >= 15 is 0 Å². The van der Waals surface area contributed by atoms with Gasteiger partial charge < -0.3 is 14.2 Å². The standard InChI is InChI=1S/C16H15F3N2O3/c1-10-8-13(20-24-10)15(22)21-6-7-23-14(9-21)11-2-4-12(5-3-11)16(17,18)19/h2-5,8,14H,6-7,9H2,1H3/t14-/m0/s1. The van der Waals surface area contributed by atoms with Crippen LogP contribution in [-0.4, -0.2) is 35.7 Å². The van der Waals surface area contributed by atoms with E-state index in [1.165, 1.54) is 12.1 Å². The lowest BCUT2D eigenvalue weighted by Crippen LogP contribution is -2.42. The average molecular weight is 340 g/mol. The number of hydrogen-bond donors (Lipinski definition) is 0. The molecule has 1 aliphatic rings. The number of aromatic nitrogens is 1. The summed E-state index contributed by atoms with van der Waals surface area (Å²) < 4.78 is 48.3. The summed E-state index contributed by atoms with van der Waals surface area (Å²) in [6.45, 7) is 2.63. The Morgan fingerprint density at radius 1 is 1.29 bits per heavy atom. The van der Waals surface area contributed by atoms with Gasteiger partial charge in [0.1, 0.15) is 11.9 Å². The zero-order valence-electron chi connectivity index (χ0n) is 12.8. The van der Waals surface area contributed by atoms with Crippen LogP contribution in [0, 0.1) is 6.92 Å². The second-order valence-electron chi connectivity index (χ2n) is 5.55. The number of benzene rings is 1.